The van der Waals surface area contributed by atoms with Crippen LogP contribution in [0.5, 0.6) is 0 Å². The second-order valence-electron chi connectivity index (χ2n) is 4.20. The third-order valence-corrected chi connectivity index (χ3v) is 2.75. The number of hydrogen-bond donors (Lipinski definition) is 2. The highest BCUT2D eigenvalue weighted by molar-refractivity contribution is 4.56. The maximum Gasteiger partial charge on any atom is 0.102 e. The SMILES string of the molecule is CCCCN(CC)CCCCCC(N)O. The largest absolute Gasteiger partial charge is 0.379 e. The number of unbranched alkanes of at least 4 members (excludes halogenated alkanes) is 3. The van der Waals surface area contributed by atoms with Crippen LogP contribution in [0.4, 0.5) is 0 Å². The molecule has 3 heteroatoms. The summed E-state index contributed by atoms with van der Waals surface area (Å²) in [7, 11) is 0. The molecule has 0 rings (SSSR count). The zero-order valence-electron chi connectivity index (χ0n) is 10.4. The standard InChI is InChI=1S/C12H28N2O/c1-3-5-10-14(4-2)11-8-6-7-9-12(13)15/h12,15H,3-11,13H2,1-2H3. The van der Waals surface area contributed by atoms with Gasteiger partial charge in [0.1, 0.15) is 6.23 Å². The average Bonchev–Trinajstić information content (AvgIpc) is 2.21. The molecular weight excluding hydrogens is 188 g/mol. The Bertz CT molecular complexity index is 129. The maximum atomic E-state index is 8.89. The molecule has 0 heterocycles. The Kier molecular flexibility index (Phi) is 10.3. The van der Waals surface area contributed by atoms with E-state index in [0.717, 1.165) is 19.4 Å². The van der Waals surface area contributed by atoms with Crippen molar-refractivity contribution in [2.24, 2.45) is 5.73 Å². The van der Waals surface area contributed by atoms with Gasteiger partial charge in [0.25, 0.3) is 0 Å². The number of aliphatic hydroxyl groups is 1. The number of rotatable bonds is 10. The van der Waals surface area contributed by atoms with E-state index >= 15 is 0 Å². The molecule has 92 valence electrons. The van der Waals surface area contributed by atoms with E-state index in [1.54, 1.807) is 0 Å². The van der Waals surface area contributed by atoms with E-state index < -0.39 is 6.23 Å². The predicted molar refractivity (Wildman–Crippen MR) is 65.7 cm³/mol. The summed E-state index contributed by atoms with van der Waals surface area (Å²) in [6.07, 6.45) is 6.14. The van der Waals surface area contributed by atoms with Crippen molar-refractivity contribution in [1.82, 2.24) is 4.90 Å². The van der Waals surface area contributed by atoms with Gasteiger partial charge in [0.15, 0.2) is 0 Å². The Hall–Kier alpha value is -0.120. The lowest BCUT2D eigenvalue weighted by Crippen LogP contribution is -2.25. The highest BCUT2D eigenvalue weighted by Crippen LogP contribution is 2.03. The lowest BCUT2D eigenvalue weighted by Gasteiger charge is -2.19. The minimum Gasteiger partial charge on any atom is -0.379 e. The van der Waals surface area contributed by atoms with Crippen LogP contribution in [-0.2, 0) is 0 Å². The highest BCUT2D eigenvalue weighted by Gasteiger charge is 2.01. The van der Waals surface area contributed by atoms with Crippen LogP contribution >= 0.6 is 0 Å². The van der Waals surface area contributed by atoms with Gasteiger partial charge in [-0.15, -0.1) is 0 Å². The van der Waals surface area contributed by atoms with Gasteiger partial charge in [0.05, 0.1) is 0 Å². The van der Waals surface area contributed by atoms with Crippen LogP contribution in [0.25, 0.3) is 0 Å². The van der Waals surface area contributed by atoms with E-state index in [1.165, 1.54) is 38.8 Å². The summed E-state index contributed by atoms with van der Waals surface area (Å²) >= 11 is 0. The van der Waals surface area contributed by atoms with Crippen molar-refractivity contribution in [1.29, 1.82) is 0 Å². The second kappa shape index (κ2) is 10.4. The summed E-state index contributed by atoms with van der Waals surface area (Å²) in [5.74, 6) is 0. The topological polar surface area (TPSA) is 49.5 Å². The molecule has 0 aromatic heterocycles. The van der Waals surface area contributed by atoms with Crippen LogP contribution in [0.1, 0.15) is 52.4 Å². The number of nitrogens with zero attached hydrogens (tertiary/aromatic N) is 1. The molecule has 0 saturated carbocycles. The molecule has 3 N–H and O–H groups in total. The molecule has 15 heavy (non-hydrogen) atoms. The normalized spacial score (nSPS) is 13.4. The zero-order valence-corrected chi connectivity index (χ0v) is 10.4. The van der Waals surface area contributed by atoms with Crippen LogP contribution in [0.15, 0.2) is 0 Å². The third-order valence-electron chi connectivity index (χ3n) is 2.75. The first-order chi connectivity index (χ1) is 7.20. The molecule has 1 atom stereocenters. The molecule has 0 saturated heterocycles. The van der Waals surface area contributed by atoms with E-state index in [9.17, 15) is 0 Å². The molecule has 0 spiro atoms. The molecule has 0 aromatic rings. The zero-order chi connectivity index (χ0) is 11.5. The van der Waals surface area contributed by atoms with Gasteiger partial charge in [-0.3, -0.25) is 0 Å². The molecule has 0 aliphatic carbocycles. The average molecular weight is 216 g/mol. The molecule has 0 radical (unpaired) electrons. The Balaban J connectivity index is 3.30. The number of aliphatic hydroxyl groups excluding tert-OH is 1. The van der Waals surface area contributed by atoms with Gasteiger partial charge in [-0.05, 0) is 45.3 Å². The minimum atomic E-state index is -0.618. The summed E-state index contributed by atoms with van der Waals surface area (Å²) in [5.41, 5.74) is 5.27. The fraction of sp³-hybridized carbons (Fsp3) is 1.00. The molecule has 0 amide bonds. The van der Waals surface area contributed by atoms with E-state index in [0.29, 0.717) is 0 Å². The van der Waals surface area contributed by atoms with Crippen molar-refractivity contribution in [3.8, 4) is 0 Å². The first kappa shape index (κ1) is 14.9. The van der Waals surface area contributed by atoms with E-state index in [1.807, 2.05) is 0 Å². The van der Waals surface area contributed by atoms with Crippen molar-refractivity contribution in [3.63, 3.8) is 0 Å². The van der Waals surface area contributed by atoms with Crippen molar-refractivity contribution >= 4 is 0 Å². The van der Waals surface area contributed by atoms with Gasteiger partial charge in [-0.2, -0.15) is 0 Å². The van der Waals surface area contributed by atoms with E-state index in [4.69, 9.17) is 10.8 Å². The number of hydrogen-bond acceptors (Lipinski definition) is 3. The van der Waals surface area contributed by atoms with Crippen LogP contribution in [0, 0.1) is 0 Å². The van der Waals surface area contributed by atoms with Crippen molar-refractivity contribution in [2.75, 3.05) is 19.6 Å². The van der Waals surface area contributed by atoms with Gasteiger partial charge in [0.2, 0.25) is 0 Å². The van der Waals surface area contributed by atoms with Crippen LogP contribution in [-0.4, -0.2) is 35.9 Å². The minimum absolute atomic E-state index is 0.618. The van der Waals surface area contributed by atoms with Gasteiger partial charge in [-0.25, -0.2) is 0 Å². The summed E-state index contributed by atoms with van der Waals surface area (Å²) in [6.45, 7) is 8.03. The van der Waals surface area contributed by atoms with Gasteiger partial charge in [0, 0.05) is 0 Å². The quantitative estimate of drug-likeness (QED) is 0.433. The summed E-state index contributed by atoms with van der Waals surface area (Å²) in [4.78, 5) is 2.50. The van der Waals surface area contributed by atoms with Gasteiger partial charge >= 0.3 is 0 Å². The smallest absolute Gasteiger partial charge is 0.102 e. The highest BCUT2D eigenvalue weighted by atomic mass is 16.3. The van der Waals surface area contributed by atoms with Crippen molar-refractivity contribution in [2.45, 2.75) is 58.6 Å². The Morgan fingerprint density at radius 1 is 1.07 bits per heavy atom. The second-order valence-corrected chi connectivity index (χ2v) is 4.20. The fourth-order valence-corrected chi connectivity index (χ4v) is 1.68. The van der Waals surface area contributed by atoms with Gasteiger partial charge in [-0.1, -0.05) is 26.7 Å². The molecule has 3 nitrogen and oxygen atoms in total. The van der Waals surface area contributed by atoms with E-state index in [-0.39, 0.29) is 0 Å². The summed E-state index contributed by atoms with van der Waals surface area (Å²) in [5, 5.41) is 8.89. The Labute approximate surface area is 94.6 Å². The van der Waals surface area contributed by atoms with Gasteiger partial charge < -0.3 is 15.7 Å². The summed E-state index contributed by atoms with van der Waals surface area (Å²) < 4.78 is 0. The molecular formula is C12H28N2O. The van der Waals surface area contributed by atoms with Crippen molar-refractivity contribution in [3.05, 3.63) is 0 Å². The molecule has 0 fully saturated rings. The third kappa shape index (κ3) is 10.2. The molecule has 0 aliphatic heterocycles. The Morgan fingerprint density at radius 2 is 1.73 bits per heavy atom. The van der Waals surface area contributed by atoms with Crippen LogP contribution in [0.3, 0.4) is 0 Å². The van der Waals surface area contributed by atoms with Crippen LogP contribution < -0.4 is 5.73 Å². The van der Waals surface area contributed by atoms with Crippen molar-refractivity contribution < 1.29 is 5.11 Å². The first-order valence-electron chi connectivity index (χ1n) is 6.36. The molecule has 0 aliphatic rings. The number of nitrogens with two attached hydrogens (primary N) is 1. The lowest BCUT2D eigenvalue weighted by atomic mass is 10.1. The fourth-order valence-electron chi connectivity index (χ4n) is 1.68. The molecule has 0 aromatic carbocycles. The monoisotopic (exact) mass is 216 g/mol. The Morgan fingerprint density at radius 3 is 2.27 bits per heavy atom. The van der Waals surface area contributed by atoms with E-state index in [2.05, 4.69) is 18.7 Å². The maximum absolute atomic E-state index is 8.89. The van der Waals surface area contributed by atoms with Crippen LogP contribution in [0.2, 0.25) is 0 Å². The molecule has 0 bridgehead atoms. The predicted octanol–water partition coefficient (Wildman–Crippen LogP) is 1.95. The lowest BCUT2D eigenvalue weighted by molar-refractivity contribution is 0.167. The molecule has 1 unspecified atom stereocenters. The first-order valence-corrected chi connectivity index (χ1v) is 6.36. The summed E-state index contributed by atoms with van der Waals surface area (Å²) in [6, 6.07) is 0.